The summed E-state index contributed by atoms with van der Waals surface area (Å²) in [6.45, 7) is 7.31. The predicted octanol–water partition coefficient (Wildman–Crippen LogP) is 3.82. The highest BCUT2D eigenvalue weighted by Gasteiger charge is 2.22. The molecule has 34 heavy (non-hydrogen) atoms. The quantitative estimate of drug-likeness (QED) is 0.408. The lowest BCUT2D eigenvalue weighted by atomic mass is 10.00. The summed E-state index contributed by atoms with van der Waals surface area (Å²) in [6, 6.07) is 14.5. The molecule has 0 unspecified atom stereocenters. The van der Waals surface area contributed by atoms with Crippen molar-refractivity contribution in [3.8, 4) is 11.4 Å². The number of nitrogens with zero attached hydrogens (tertiary/aromatic N) is 4. The molecule has 1 aliphatic heterocycles. The average Bonchev–Trinajstić information content (AvgIpc) is 3.11. The molecule has 0 saturated heterocycles. The highest BCUT2D eigenvalue weighted by molar-refractivity contribution is 7.99. The smallest absolute Gasteiger partial charge is 0.216 e. The number of rotatable bonds is 7. The molecule has 9 heteroatoms. The second-order valence-electron chi connectivity index (χ2n) is 7.50. The fourth-order valence-corrected chi connectivity index (χ4v) is 4.35. The van der Waals surface area contributed by atoms with E-state index >= 15 is 0 Å². The molecule has 0 fully saturated rings. The molecule has 8 nitrogen and oxygen atoms in total. The van der Waals surface area contributed by atoms with Crippen molar-refractivity contribution in [2.24, 2.45) is 4.99 Å². The first-order valence-electron chi connectivity index (χ1n) is 11.1. The molecule has 0 spiro atoms. The minimum atomic E-state index is 0.0394. The van der Waals surface area contributed by atoms with Gasteiger partial charge in [0, 0.05) is 42.4 Å². The lowest BCUT2D eigenvalue weighted by Gasteiger charge is -2.14. The fourth-order valence-electron chi connectivity index (χ4n) is 3.53. The van der Waals surface area contributed by atoms with Crippen LogP contribution in [0, 0.1) is 6.92 Å². The number of aryl methyl sites for hydroxylation is 1. The van der Waals surface area contributed by atoms with E-state index in [0.717, 1.165) is 58.8 Å². The van der Waals surface area contributed by atoms with E-state index in [4.69, 9.17) is 14.5 Å². The predicted molar refractivity (Wildman–Crippen MR) is 135 cm³/mol. The van der Waals surface area contributed by atoms with Crippen molar-refractivity contribution in [2.75, 3.05) is 33.1 Å². The van der Waals surface area contributed by atoms with Crippen LogP contribution in [0.25, 0.3) is 5.69 Å². The lowest BCUT2D eigenvalue weighted by molar-refractivity contribution is -0.118. The Morgan fingerprint density at radius 2 is 1.91 bits per heavy atom. The molecule has 0 bridgehead atoms. The Balaban J connectivity index is 0.000000481. The van der Waals surface area contributed by atoms with Gasteiger partial charge in [0.1, 0.15) is 18.1 Å². The maximum Gasteiger partial charge on any atom is 0.216 e. The summed E-state index contributed by atoms with van der Waals surface area (Å²) in [7, 11) is 3.40. The summed E-state index contributed by atoms with van der Waals surface area (Å²) in [5.74, 6) is 3.46. The van der Waals surface area contributed by atoms with Crippen LogP contribution in [0.1, 0.15) is 36.6 Å². The number of nitrogens with one attached hydrogen (secondary N) is 1. The Morgan fingerprint density at radius 1 is 1.15 bits per heavy atom. The Morgan fingerprint density at radius 3 is 2.53 bits per heavy atom. The molecule has 180 valence electrons. The number of amides is 1. The number of thioether (sulfide) groups is 1. The van der Waals surface area contributed by atoms with Gasteiger partial charge in [-0.25, -0.2) is 0 Å². The molecular formula is C25H31N5O3S. The van der Waals surface area contributed by atoms with Crippen LogP contribution in [0.15, 0.2) is 52.4 Å². The lowest BCUT2D eigenvalue weighted by Crippen LogP contribution is -2.18. The number of methoxy groups -OCH3 is 2. The van der Waals surface area contributed by atoms with Gasteiger partial charge in [0.2, 0.25) is 5.91 Å². The highest BCUT2D eigenvalue weighted by atomic mass is 32.2. The minimum absolute atomic E-state index is 0.0394. The Bertz CT molecular complexity index is 1140. The molecule has 0 saturated carbocycles. The number of benzene rings is 2. The molecular weight excluding hydrogens is 450 g/mol. The first kappa shape index (κ1) is 25.5. The number of carbonyl (C=O) groups excluding carboxylic acids is 1. The second kappa shape index (κ2) is 12.3. The minimum Gasteiger partial charge on any atom is -0.497 e. The number of ether oxygens (including phenoxy) is 2. The average molecular weight is 482 g/mol. The van der Waals surface area contributed by atoms with E-state index in [1.807, 2.05) is 32.0 Å². The fraction of sp³-hybridized carbons (Fsp3) is 0.360. The van der Waals surface area contributed by atoms with Crippen LogP contribution in [0.5, 0.6) is 5.75 Å². The van der Waals surface area contributed by atoms with E-state index in [1.165, 1.54) is 11.8 Å². The van der Waals surface area contributed by atoms with Gasteiger partial charge in [0.25, 0.3) is 0 Å². The number of fused-ring (bicyclic) bond motifs is 3. The van der Waals surface area contributed by atoms with Gasteiger partial charge < -0.3 is 14.8 Å². The monoisotopic (exact) mass is 481 g/mol. The number of carbonyl (C=O) groups is 1. The molecule has 1 aromatic heterocycles. The first-order chi connectivity index (χ1) is 16.5. The van der Waals surface area contributed by atoms with Gasteiger partial charge in [0.05, 0.1) is 25.1 Å². The zero-order chi connectivity index (χ0) is 24.5. The van der Waals surface area contributed by atoms with Crippen molar-refractivity contribution in [3.63, 3.8) is 0 Å². The van der Waals surface area contributed by atoms with Gasteiger partial charge in [-0.1, -0.05) is 12.1 Å². The van der Waals surface area contributed by atoms with Crippen LogP contribution in [0.3, 0.4) is 0 Å². The number of hydrogen-bond donors (Lipinski definition) is 1. The molecule has 2 heterocycles. The Hall–Kier alpha value is -3.17. The summed E-state index contributed by atoms with van der Waals surface area (Å²) in [4.78, 5) is 16.0. The third-order valence-corrected chi connectivity index (χ3v) is 6.06. The van der Waals surface area contributed by atoms with Crippen molar-refractivity contribution < 1.29 is 14.3 Å². The van der Waals surface area contributed by atoms with Crippen molar-refractivity contribution in [1.82, 2.24) is 20.1 Å². The Labute approximate surface area is 204 Å². The van der Waals surface area contributed by atoms with Gasteiger partial charge >= 0.3 is 0 Å². The zero-order valence-corrected chi connectivity index (χ0v) is 21.1. The normalized spacial score (nSPS) is 11.9. The van der Waals surface area contributed by atoms with Crippen LogP contribution < -0.4 is 10.1 Å². The zero-order valence-electron chi connectivity index (χ0n) is 20.3. The molecule has 1 N–H and O–H groups in total. The van der Waals surface area contributed by atoms with Crippen LogP contribution in [-0.4, -0.2) is 59.5 Å². The van der Waals surface area contributed by atoms with Crippen LogP contribution in [-0.2, 0) is 16.1 Å². The maximum absolute atomic E-state index is 9.93. The van der Waals surface area contributed by atoms with Gasteiger partial charge in [-0.3, -0.25) is 14.4 Å². The summed E-state index contributed by atoms with van der Waals surface area (Å²) >= 11 is 1.78. The van der Waals surface area contributed by atoms with E-state index in [0.29, 0.717) is 6.54 Å². The van der Waals surface area contributed by atoms with Gasteiger partial charge in [0.15, 0.2) is 5.82 Å². The molecule has 1 aliphatic rings. The molecule has 1 amide bonds. The van der Waals surface area contributed by atoms with Crippen molar-refractivity contribution in [2.45, 2.75) is 32.2 Å². The third-order valence-electron chi connectivity index (χ3n) is 5.08. The summed E-state index contributed by atoms with van der Waals surface area (Å²) in [5, 5.41) is 11.1. The highest BCUT2D eigenvalue weighted by Crippen LogP contribution is 2.29. The molecule has 0 radical (unpaired) electrons. The topological polar surface area (TPSA) is 90.6 Å². The number of aliphatic imine (C=N–C) groups is 1. The van der Waals surface area contributed by atoms with Crippen LogP contribution >= 0.6 is 11.8 Å². The summed E-state index contributed by atoms with van der Waals surface area (Å²) in [5.41, 5.74) is 4.04. The van der Waals surface area contributed by atoms with Crippen molar-refractivity contribution in [1.29, 1.82) is 0 Å². The second-order valence-corrected chi connectivity index (χ2v) is 8.67. The largest absolute Gasteiger partial charge is 0.497 e. The van der Waals surface area contributed by atoms with E-state index < -0.39 is 0 Å². The molecule has 2 aromatic carbocycles. The molecule has 3 aromatic rings. The third kappa shape index (κ3) is 6.24. The van der Waals surface area contributed by atoms with E-state index in [2.05, 4.69) is 44.3 Å². The Kier molecular flexibility index (Phi) is 9.24. The van der Waals surface area contributed by atoms with Crippen LogP contribution in [0.4, 0.5) is 0 Å². The van der Waals surface area contributed by atoms with Crippen LogP contribution in [0.2, 0.25) is 0 Å². The number of hydrogen-bond acceptors (Lipinski definition) is 7. The maximum atomic E-state index is 9.93. The van der Waals surface area contributed by atoms with E-state index in [1.54, 1.807) is 26.0 Å². The standard InChI is InChI=1S/C21H22N4O2S.C4H9NO/c1-14-23-24-20-13-22-21(15-4-7-17(8-5-15)28-11-10-26-2)18-12-16(27-3)6-9-19(18)25(14)20;1-3-5-4(2)6/h4-9,12H,10-11,13H2,1-3H3;3H2,1-2H3,(H,5,6). The van der Waals surface area contributed by atoms with Gasteiger partial charge in [-0.15, -0.1) is 22.0 Å². The van der Waals surface area contributed by atoms with Crippen molar-refractivity contribution >= 4 is 23.4 Å². The summed E-state index contributed by atoms with van der Waals surface area (Å²) in [6.07, 6.45) is 0. The SMILES string of the molecule is CCNC(C)=O.COCCSc1ccc(C2=NCc3nnc(C)n3-c3ccc(OC)cc32)cc1. The number of aromatic nitrogens is 3. The van der Waals surface area contributed by atoms with E-state index in [-0.39, 0.29) is 5.91 Å². The molecule has 0 atom stereocenters. The molecule has 0 aliphatic carbocycles. The van der Waals surface area contributed by atoms with E-state index in [9.17, 15) is 4.79 Å². The first-order valence-corrected chi connectivity index (χ1v) is 12.1. The summed E-state index contributed by atoms with van der Waals surface area (Å²) < 4.78 is 12.7. The van der Waals surface area contributed by atoms with Gasteiger partial charge in [-0.05, 0) is 44.2 Å². The molecule has 4 rings (SSSR count). The van der Waals surface area contributed by atoms with Gasteiger partial charge in [-0.2, -0.15) is 0 Å². The van der Waals surface area contributed by atoms with Crippen molar-refractivity contribution in [3.05, 3.63) is 65.2 Å².